The van der Waals surface area contributed by atoms with Gasteiger partial charge in [0.2, 0.25) is 5.91 Å². The highest BCUT2D eigenvalue weighted by molar-refractivity contribution is 6.31. The van der Waals surface area contributed by atoms with Crippen molar-refractivity contribution in [3.8, 4) is 5.75 Å². The van der Waals surface area contributed by atoms with Crippen molar-refractivity contribution in [2.75, 3.05) is 19.4 Å². The van der Waals surface area contributed by atoms with Gasteiger partial charge < -0.3 is 15.8 Å². The summed E-state index contributed by atoms with van der Waals surface area (Å²) in [5, 5.41) is 3.84. The number of halogens is 1. The number of carbonyl (C=O) groups excluding carboxylic acids is 2. The zero-order chi connectivity index (χ0) is 18.4. The van der Waals surface area contributed by atoms with Gasteiger partial charge in [-0.15, -0.1) is 0 Å². The molecule has 0 saturated heterocycles. The van der Waals surface area contributed by atoms with E-state index in [1.807, 2.05) is 12.1 Å². The van der Waals surface area contributed by atoms with Crippen LogP contribution in [0.2, 0.25) is 5.02 Å². The third kappa shape index (κ3) is 5.10. The lowest BCUT2D eigenvalue weighted by Gasteiger charge is -2.17. The molecule has 132 valence electrons. The molecule has 0 fully saturated rings. The van der Waals surface area contributed by atoms with Crippen molar-refractivity contribution >= 4 is 29.1 Å². The Labute approximate surface area is 150 Å². The van der Waals surface area contributed by atoms with Crippen molar-refractivity contribution in [1.82, 2.24) is 10.3 Å². The van der Waals surface area contributed by atoms with Gasteiger partial charge >= 0.3 is 0 Å². The Hall–Kier alpha value is -2.77. The summed E-state index contributed by atoms with van der Waals surface area (Å²) in [4.78, 5) is 24.2. The number of nitrogens with one attached hydrogen (secondary N) is 1. The molecule has 0 atom stereocenters. The van der Waals surface area contributed by atoms with Crippen LogP contribution >= 0.6 is 11.6 Å². The summed E-state index contributed by atoms with van der Waals surface area (Å²) in [7, 11) is 1.58. The van der Waals surface area contributed by atoms with Gasteiger partial charge in [0.25, 0.3) is 5.91 Å². The van der Waals surface area contributed by atoms with Crippen LogP contribution in [0.5, 0.6) is 5.75 Å². The number of nitrogen functional groups attached to an aromatic ring is 1. The quantitative estimate of drug-likeness (QED) is 0.312. The summed E-state index contributed by atoms with van der Waals surface area (Å²) >= 11 is 5.86. The molecule has 0 bridgehead atoms. The van der Waals surface area contributed by atoms with Crippen LogP contribution in [0.15, 0.2) is 42.5 Å². The highest BCUT2D eigenvalue weighted by Gasteiger charge is 2.18. The predicted octanol–water partition coefficient (Wildman–Crippen LogP) is 1.56. The van der Waals surface area contributed by atoms with Gasteiger partial charge in [-0.2, -0.15) is 0 Å². The predicted molar refractivity (Wildman–Crippen MR) is 95.9 cm³/mol. The molecule has 8 heteroatoms. The number of carbonyl (C=O) groups is 2. The second-order valence-electron chi connectivity index (χ2n) is 5.29. The van der Waals surface area contributed by atoms with Crippen molar-refractivity contribution in [2.24, 2.45) is 5.84 Å². The Kier molecular flexibility index (Phi) is 6.21. The van der Waals surface area contributed by atoms with E-state index in [4.69, 9.17) is 27.9 Å². The minimum absolute atomic E-state index is 0.151. The number of hydrogen-bond acceptors (Lipinski definition) is 5. The van der Waals surface area contributed by atoms with E-state index < -0.39 is 11.8 Å². The molecule has 0 saturated carbocycles. The zero-order valence-electron chi connectivity index (χ0n) is 13.7. The van der Waals surface area contributed by atoms with Gasteiger partial charge in [-0.3, -0.25) is 14.6 Å². The van der Waals surface area contributed by atoms with E-state index in [2.05, 4.69) is 5.32 Å². The highest BCUT2D eigenvalue weighted by atomic mass is 35.5. The fraction of sp³-hybridized carbons (Fsp3) is 0.176. The molecule has 0 aliphatic carbocycles. The van der Waals surface area contributed by atoms with Crippen molar-refractivity contribution in [3.63, 3.8) is 0 Å². The number of ether oxygens (including phenoxy) is 1. The van der Waals surface area contributed by atoms with E-state index >= 15 is 0 Å². The van der Waals surface area contributed by atoms with E-state index in [0.717, 1.165) is 16.3 Å². The summed E-state index contributed by atoms with van der Waals surface area (Å²) in [5.41, 5.74) is 7.03. The minimum Gasteiger partial charge on any atom is -0.497 e. The number of anilines is 1. The average molecular weight is 363 g/mol. The van der Waals surface area contributed by atoms with Crippen LogP contribution in [0.1, 0.15) is 15.9 Å². The maximum absolute atomic E-state index is 12.3. The van der Waals surface area contributed by atoms with Gasteiger partial charge in [0.15, 0.2) is 0 Å². The highest BCUT2D eigenvalue weighted by Crippen LogP contribution is 2.18. The van der Waals surface area contributed by atoms with Crippen LogP contribution in [-0.2, 0) is 11.3 Å². The van der Waals surface area contributed by atoms with Gasteiger partial charge in [-0.05, 0) is 35.9 Å². The Bertz CT molecular complexity index is 765. The van der Waals surface area contributed by atoms with Gasteiger partial charge in [0.1, 0.15) is 12.3 Å². The second kappa shape index (κ2) is 8.36. The Balaban J connectivity index is 1.90. The van der Waals surface area contributed by atoms with Crippen molar-refractivity contribution < 1.29 is 14.3 Å². The molecule has 2 aromatic rings. The molecule has 2 amide bonds. The van der Waals surface area contributed by atoms with E-state index in [1.54, 1.807) is 25.3 Å². The van der Waals surface area contributed by atoms with E-state index in [1.165, 1.54) is 12.1 Å². The number of nitrogens with two attached hydrogens (primary N) is 2. The summed E-state index contributed by atoms with van der Waals surface area (Å²) in [6.45, 7) is 0.00506. The maximum Gasteiger partial charge on any atom is 0.270 e. The van der Waals surface area contributed by atoms with Gasteiger partial charge in [0.05, 0.1) is 12.7 Å². The van der Waals surface area contributed by atoms with Crippen LogP contribution in [0, 0.1) is 0 Å². The fourth-order valence-corrected chi connectivity index (χ4v) is 2.27. The lowest BCUT2D eigenvalue weighted by atomic mass is 10.1. The molecule has 0 radical (unpaired) electrons. The van der Waals surface area contributed by atoms with E-state index in [9.17, 15) is 9.59 Å². The largest absolute Gasteiger partial charge is 0.497 e. The standard InChI is InChI=1S/C17H19ClN4O3/c1-25-13-5-2-11(3-6-13)9-21-16(23)10-22(20)17(24)14-8-12(18)4-7-15(14)19/h2-8H,9-10,19-20H2,1H3,(H,21,23). The number of rotatable bonds is 6. The van der Waals surface area contributed by atoms with Crippen LogP contribution in [-0.4, -0.2) is 30.5 Å². The molecular weight excluding hydrogens is 344 g/mol. The third-order valence-corrected chi connectivity index (χ3v) is 3.70. The van der Waals surface area contributed by atoms with E-state index in [-0.39, 0.29) is 17.8 Å². The zero-order valence-corrected chi connectivity index (χ0v) is 14.4. The Morgan fingerprint density at radius 2 is 1.88 bits per heavy atom. The lowest BCUT2D eigenvalue weighted by molar-refractivity contribution is -0.122. The molecule has 0 heterocycles. The number of nitrogens with zero attached hydrogens (tertiary/aromatic N) is 1. The van der Waals surface area contributed by atoms with Crippen LogP contribution < -0.4 is 21.6 Å². The molecule has 7 nitrogen and oxygen atoms in total. The second-order valence-corrected chi connectivity index (χ2v) is 5.73. The monoisotopic (exact) mass is 362 g/mol. The first kappa shape index (κ1) is 18.6. The molecule has 25 heavy (non-hydrogen) atoms. The third-order valence-electron chi connectivity index (χ3n) is 3.47. The van der Waals surface area contributed by atoms with Gasteiger partial charge in [-0.25, -0.2) is 5.84 Å². The summed E-state index contributed by atoms with van der Waals surface area (Å²) in [5.74, 6) is 5.43. The Morgan fingerprint density at radius 3 is 2.52 bits per heavy atom. The molecular formula is C17H19ClN4O3. The number of hydrogen-bond donors (Lipinski definition) is 3. The van der Waals surface area contributed by atoms with Crippen molar-refractivity contribution in [2.45, 2.75) is 6.54 Å². The van der Waals surface area contributed by atoms with Crippen LogP contribution in [0.4, 0.5) is 5.69 Å². The number of methoxy groups -OCH3 is 1. The molecule has 2 rings (SSSR count). The summed E-state index contributed by atoms with van der Waals surface area (Å²) < 4.78 is 5.07. The fourth-order valence-electron chi connectivity index (χ4n) is 2.09. The first-order valence-electron chi connectivity index (χ1n) is 7.42. The molecule has 0 spiro atoms. The number of hydrazine groups is 1. The lowest BCUT2D eigenvalue weighted by Crippen LogP contribution is -2.45. The molecule has 0 aliphatic heterocycles. The van der Waals surface area contributed by atoms with Crippen molar-refractivity contribution in [1.29, 1.82) is 0 Å². The molecule has 0 unspecified atom stereocenters. The van der Waals surface area contributed by atoms with Gasteiger partial charge in [-0.1, -0.05) is 23.7 Å². The maximum atomic E-state index is 12.3. The summed E-state index contributed by atoms with van der Waals surface area (Å²) in [6.07, 6.45) is 0. The summed E-state index contributed by atoms with van der Waals surface area (Å²) in [6, 6.07) is 11.7. The minimum atomic E-state index is -0.584. The van der Waals surface area contributed by atoms with E-state index in [0.29, 0.717) is 11.6 Å². The first-order chi connectivity index (χ1) is 11.9. The number of benzene rings is 2. The molecule has 2 aromatic carbocycles. The smallest absolute Gasteiger partial charge is 0.270 e. The normalized spacial score (nSPS) is 10.2. The molecule has 0 aromatic heterocycles. The van der Waals surface area contributed by atoms with Crippen LogP contribution in [0.25, 0.3) is 0 Å². The number of amides is 2. The van der Waals surface area contributed by atoms with Crippen molar-refractivity contribution in [3.05, 3.63) is 58.6 Å². The van der Waals surface area contributed by atoms with Gasteiger partial charge in [0, 0.05) is 17.3 Å². The Morgan fingerprint density at radius 1 is 1.20 bits per heavy atom. The van der Waals surface area contributed by atoms with Crippen LogP contribution in [0.3, 0.4) is 0 Å². The SMILES string of the molecule is COc1ccc(CNC(=O)CN(N)C(=O)c2cc(Cl)ccc2N)cc1. The molecule has 0 aliphatic rings. The average Bonchev–Trinajstić information content (AvgIpc) is 2.61. The topological polar surface area (TPSA) is 111 Å². The molecule has 5 N–H and O–H groups in total. The first-order valence-corrected chi connectivity index (χ1v) is 7.79.